The van der Waals surface area contributed by atoms with E-state index in [2.05, 4.69) is 0 Å². The summed E-state index contributed by atoms with van der Waals surface area (Å²) >= 11 is 0. The SMILES string of the molecule is COc1ccc(N2C(=O)C[C@H]([NH2+]Cc3ccc4c(c3)n(C)c(=O)n4C)C2=O)cc1. The summed E-state index contributed by atoms with van der Waals surface area (Å²) in [4.78, 5) is 38.6. The van der Waals surface area contributed by atoms with Gasteiger partial charge in [-0.25, -0.2) is 9.69 Å². The second-order valence-electron chi connectivity index (χ2n) is 7.24. The zero-order chi connectivity index (χ0) is 20.7. The van der Waals surface area contributed by atoms with Gasteiger partial charge >= 0.3 is 5.69 Å². The third-order valence-electron chi connectivity index (χ3n) is 5.49. The number of imidazole rings is 1. The average molecular weight is 395 g/mol. The standard InChI is InChI=1S/C21H22N4O4/c1-23-17-9-4-13(10-18(17)24(2)21(23)28)12-22-16-11-19(26)25(20(16)27)14-5-7-15(29-3)8-6-14/h4-10,16,22H,11-12H2,1-3H3/p+1/t16-/m0/s1. The molecule has 2 heterocycles. The molecule has 150 valence electrons. The van der Waals surface area contributed by atoms with Crippen LogP contribution >= 0.6 is 0 Å². The van der Waals surface area contributed by atoms with Crippen LogP contribution in [0.4, 0.5) is 5.69 Å². The fourth-order valence-electron chi connectivity index (χ4n) is 3.80. The summed E-state index contributed by atoms with van der Waals surface area (Å²) in [5, 5.41) is 1.88. The molecule has 4 rings (SSSR count). The Balaban J connectivity index is 1.49. The Morgan fingerprint density at radius 2 is 1.69 bits per heavy atom. The first kappa shape index (κ1) is 18.9. The van der Waals surface area contributed by atoms with Gasteiger partial charge in [0.25, 0.3) is 5.91 Å². The van der Waals surface area contributed by atoms with Crippen molar-refractivity contribution < 1.29 is 19.6 Å². The maximum atomic E-state index is 12.8. The third-order valence-corrected chi connectivity index (χ3v) is 5.49. The summed E-state index contributed by atoms with van der Waals surface area (Å²) in [7, 11) is 5.05. The van der Waals surface area contributed by atoms with E-state index in [0.717, 1.165) is 16.6 Å². The number of aryl methyl sites for hydroxylation is 2. The smallest absolute Gasteiger partial charge is 0.328 e. The van der Waals surface area contributed by atoms with E-state index < -0.39 is 6.04 Å². The van der Waals surface area contributed by atoms with Gasteiger partial charge in [-0.2, -0.15) is 0 Å². The van der Waals surface area contributed by atoms with E-state index >= 15 is 0 Å². The van der Waals surface area contributed by atoms with Crippen LogP contribution in [0.1, 0.15) is 12.0 Å². The number of anilines is 1. The van der Waals surface area contributed by atoms with Crippen LogP contribution in [0.5, 0.6) is 5.75 Å². The molecule has 0 aliphatic carbocycles. The van der Waals surface area contributed by atoms with Gasteiger partial charge in [0, 0.05) is 19.7 Å². The second kappa shape index (κ2) is 7.21. The van der Waals surface area contributed by atoms with Crippen molar-refractivity contribution in [3.8, 4) is 5.75 Å². The van der Waals surface area contributed by atoms with Crippen LogP contribution in [-0.4, -0.2) is 34.1 Å². The number of nitrogens with two attached hydrogens (primary N) is 1. The first-order chi connectivity index (χ1) is 13.9. The van der Waals surface area contributed by atoms with Crippen molar-refractivity contribution in [2.75, 3.05) is 12.0 Å². The molecule has 0 bridgehead atoms. The quantitative estimate of drug-likeness (QED) is 0.629. The van der Waals surface area contributed by atoms with E-state index in [4.69, 9.17) is 4.74 Å². The maximum absolute atomic E-state index is 12.8. The van der Waals surface area contributed by atoms with E-state index in [-0.39, 0.29) is 23.9 Å². The first-order valence-corrected chi connectivity index (χ1v) is 9.39. The summed E-state index contributed by atoms with van der Waals surface area (Å²) in [5.41, 5.74) is 3.17. The Morgan fingerprint density at radius 3 is 2.38 bits per heavy atom. The highest BCUT2D eigenvalue weighted by Gasteiger charge is 2.42. The van der Waals surface area contributed by atoms with Crippen molar-refractivity contribution in [2.24, 2.45) is 14.1 Å². The predicted octanol–water partition coefficient (Wildman–Crippen LogP) is 0.281. The van der Waals surface area contributed by atoms with Gasteiger partial charge < -0.3 is 10.1 Å². The summed E-state index contributed by atoms with van der Waals surface area (Å²) in [6, 6.07) is 12.2. The van der Waals surface area contributed by atoms with Gasteiger partial charge in [-0.1, -0.05) is 6.07 Å². The summed E-state index contributed by atoms with van der Waals surface area (Å²) in [6.45, 7) is 0.541. The molecule has 0 unspecified atom stereocenters. The molecule has 1 saturated heterocycles. The minimum atomic E-state index is -0.458. The molecule has 3 aromatic rings. The fraction of sp³-hybridized carbons (Fsp3) is 0.286. The average Bonchev–Trinajstić information content (AvgIpc) is 3.14. The van der Waals surface area contributed by atoms with Crippen molar-refractivity contribution in [1.29, 1.82) is 0 Å². The van der Waals surface area contributed by atoms with Crippen LogP contribution in [0.15, 0.2) is 47.3 Å². The normalized spacial score (nSPS) is 16.8. The highest BCUT2D eigenvalue weighted by Crippen LogP contribution is 2.24. The fourth-order valence-corrected chi connectivity index (χ4v) is 3.80. The Morgan fingerprint density at radius 1 is 1.00 bits per heavy atom. The van der Waals surface area contributed by atoms with Crippen molar-refractivity contribution >= 4 is 28.5 Å². The lowest BCUT2D eigenvalue weighted by molar-refractivity contribution is -0.690. The lowest BCUT2D eigenvalue weighted by Gasteiger charge is -2.14. The van der Waals surface area contributed by atoms with Crippen LogP contribution in [0.3, 0.4) is 0 Å². The number of carbonyl (C=O) groups excluding carboxylic acids is 2. The minimum absolute atomic E-state index is 0.0761. The Hall–Kier alpha value is -3.39. The summed E-state index contributed by atoms with van der Waals surface area (Å²) in [6.07, 6.45) is 0.164. The molecule has 1 atom stereocenters. The van der Waals surface area contributed by atoms with E-state index in [1.54, 1.807) is 54.6 Å². The number of hydrogen-bond acceptors (Lipinski definition) is 4. The third kappa shape index (κ3) is 3.21. The molecular weight excluding hydrogens is 372 g/mol. The maximum Gasteiger partial charge on any atom is 0.328 e. The summed E-state index contributed by atoms with van der Waals surface area (Å²) < 4.78 is 8.34. The molecule has 1 aliphatic rings. The number of hydrogen-bond donors (Lipinski definition) is 1. The Labute approximate surface area is 167 Å². The van der Waals surface area contributed by atoms with Crippen LogP contribution in [0.2, 0.25) is 0 Å². The number of nitrogens with zero attached hydrogens (tertiary/aromatic N) is 3. The van der Waals surface area contributed by atoms with Gasteiger partial charge in [0.05, 0.1) is 30.3 Å². The molecule has 1 fully saturated rings. The minimum Gasteiger partial charge on any atom is -0.497 e. The number of ether oxygens (including phenoxy) is 1. The number of imide groups is 1. The molecule has 1 aromatic heterocycles. The van der Waals surface area contributed by atoms with Gasteiger partial charge in [0.15, 0.2) is 6.04 Å². The number of aromatic nitrogens is 2. The highest BCUT2D eigenvalue weighted by atomic mass is 16.5. The number of carbonyl (C=O) groups is 2. The summed E-state index contributed by atoms with van der Waals surface area (Å²) in [5.74, 6) is 0.248. The topological polar surface area (TPSA) is 90.2 Å². The molecule has 2 N–H and O–H groups in total. The number of benzene rings is 2. The number of fused-ring (bicyclic) bond motifs is 1. The van der Waals surface area contributed by atoms with E-state index in [0.29, 0.717) is 18.0 Å². The van der Waals surface area contributed by atoms with Crippen molar-refractivity contribution in [1.82, 2.24) is 9.13 Å². The first-order valence-electron chi connectivity index (χ1n) is 9.39. The second-order valence-corrected chi connectivity index (χ2v) is 7.24. The van der Waals surface area contributed by atoms with Crippen molar-refractivity contribution in [2.45, 2.75) is 19.0 Å². The van der Waals surface area contributed by atoms with Gasteiger partial charge in [0.2, 0.25) is 5.91 Å². The number of rotatable bonds is 5. The van der Waals surface area contributed by atoms with Gasteiger partial charge in [-0.15, -0.1) is 0 Å². The van der Waals surface area contributed by atoms with E-state index in [9.17, 15) is 14.4 Å². The lowest BCUT2D eigenvalue weighted by atomic mass is 10.1. The monoisotopic (exact) mass is 395 g/mol. The van der Waals surface area contributed by atoms with Gasteiger partial charge in [-0.3, -0.25) is 18.7 Å². The molecule has 0 saturated carbocycles. The molecule has 2 amide bonds. The highest BCUT2D eigenvalue weighted by molar-refractivity contribution is 6.21. The van der Waals surface area contributed by atoms with Gasteiger partial charge in [-0.05, 0) is 36.4 Å². The molecule has 0 radical (unpaired) electrons. The number of quaternary nitrogens is 1. The molecular formula is C21H23N4O4+. The molecule has 0 spiro atoms. The van der Waals surface area contributed by atoms with E-state index in [1.165, 1.54) is 4.90 Å². The molecule has 8 heteroatoms. The molecule has 8 nitrogen and oxygen atoms in total. The van der Waals surface area contributed by atoms with Crippen LogP contribution < -0.4 is 20.6 Å². The molecule has 29 heavy (non-hydrogen) atoms. The molecule has 1 aliphatic heterocycles. The van der Waals surface area contributed by atoms with Crippen LogP contribution in [0.25, 0.3) is 11.0 Å². The largest absolute Gasteiger partial charge is 0.497 e. The van der Waals surface area contributed by atoms with Crippen molar-refractivity contribution in [3.63, 3.8) is 0 Å². The molecule has 2 aromatic carbocycles. The number of methoxy groups -OCH3 is 1. The predicted molar refractivity (Wildman–Crippen MR) is 108 cm³/mol. The van der Waals surface area contributed by atoms with Crippen molar-refractivity contribution in [3.05, 3.63) is 58.5 Å². The Bertz CT molecular complexity index is 1160. The van der Waals surface area contributed by atoms with E-state index in [1.807, 2.05) is 23.5 Å². The Kier molecular flexibility index (Phi) is 4.71. The van der Waals surface area contributed by atoms with Gasteiger partial charge in [0.1, 0.15) is 12.3 Å². The zero-order valence-electron chi connectivity index (χ0n) is 16.6. The van der Waals surface area contributed by atoms with Crippen LogP contribution in [0, 0.1) is 0 Å². The zero-order valence-corrected chi connectivity index (χ0v) is 16.6. The number of amides is 2. The lowest BCUT2D eigenvalue weighted by Crippen LogP contribution is -2.90. The van der Waals surface area contributed by atoms with Crippen LogP contribution in [-0.2, 0) is 30.2 Å².